The summed E-state index contributed by atoms with van der Waals surface area (Å²) in [4.78, 5) is 17.0. The maximum absolute atomic E-state index is 13.6. The van der Waals surface area contributed by atoms with Gasteiger partial charge >= 0.3 is 0 Å². The summed E-state index contributed by atoms with van der Waals surface area (Å²) >= 11 is 6.29. The fourth-order valence-corrected chi connectivity index (χ4v) is 4.54. The molecular formula is C28H34ClFN3OP. The molecule has 0 saturated carbocycles. The molecule has 2 N–H and O–H groups in total. The van der Waals surface area contributed by atoms with E-state index in [9.17, 15) is 9.18 Å². The van der Waals surface area contributed by atoms with Crippen LogP contribution in [0.15, 0.2) is 53.9 Å². The van der Waals surface area contributed by atoms with Crippen LogP contribution in [0.5, 0.6) is 0 Å². The number of benzene rings is 1. The van der Waals surface area contributed by atoms with E-state index in [1.165, 1.54) is 12.3 Å². The van der Waals surface area contributed by atoms with Gasteiger partial charge in [0.2, 0.25) is 0 Å². The Kier molecular flexibility index (Phi) is 10.5. The highest BCUT2D eigenvalue weighted by Gasteiger charge is 2.19. The van der Waals surface area contributed by atoms with E-state index in [-0.39, 0.29) is 16.7 Å². The molecule has 0 fully saturated rings. The van der Waals surface area contributed by atoms with Crippen LogP contribution < -0.4 is 10.6 Å². The van der Waals surface area contributed by atoms with E-state index in [4.69, 9.17) is 17.0 Å². The highest BCUT2D eigenvalue weighted by Crippen LogP contribution is 2.29. The Bertz CT molecular complexity index is 1200. The van der Waals surface area contributed by atoms with Crippen LogP contribution in [0.2, 0.25) is 5.02 Å². The Morgan fingerprint density at radius 3 is 2.57 bits per heavy atom. The average molecular weight is 514 g/mol. The number of aromatic nitrogens is 1. The fraction of sp³-hybridized carbons (Fsp3) is 0.321. The van der Waals surface area contributed by atoms with E-state index >= 15 is 0 Å². The summed E-state index contributed by atoms with van der Waals surface area (Å²) in [5, 5.41) is 12.5. The van der Waals surface area contributed by atoms with E-state index < -0.39 is 5.82 Å². The molecule has 186 valence electrons. The number of nitrogens with one attached hydrogen (secondary N) is 2. The zero-order valence-corrected chi connectivity index (χ0v) is 23.0. The summed E-state index contributed by atoms with van der Waals surface area (Å²) < 4.78 is 13.6. The van der Waals surface area contributed by atoms with Crippen molar-refractivity contribution in [2.75, 3.05) is 0 Å². The standard InChI is InChI=1S/C28H34ClFN3OP/c1-7-17(5)27(34)22-10-9-19(28(35)21(22)8-2)14-32-18(6)24(13-31)23(11-16(3)4)26-25(29)12-20(30)15-33-26/h9-13,15,17,31-32H,6-8,14,35H2,1-5H3/b24-23+,31-13?. The molecule has 35 heavy (non-hydrogen) atoms. The molecule has 0 bridgehead atoms. The minimum absolute atomic E-state index is 0.0193. The highest BCUT2D eigenvalue weighted by molar-refractivity contribution is 7.27. The molecule has 1 aromatic carbocycles. The van der Waals surface area contributed by atoms with E-state index in [1.807, 2.05) is 52.8 Å². The summed E-state index contributed by atoms with van der Waals surface area (Å²) in [6.07, 6.45) is 5.70. The monoisotopic (exact) mass is 513 g/mol. The van der Waals surface area contributed by atoms with Crippen molar-refractivity contribution in [3.63, 3.8) is 0 Å². The fourth-order valence-electron chi connectivity index (χ4n) is 3.73. The molecule has 2 unspecified atom stereocenters. The number of carbonyl (C=O) groups excluding carboxylic acids is 1. The molecule has 4 nitrogen and oxygen atoms in total. The number of rotatable bonds is 11. The van der Waals surface area contributed by atoms with Gasteiger partial charge in [-0.15, -0.1) is 9.24 Å². The van der Waals surface area contributed by atoms with Crippen molar-refractivity contribution in [2.45, 2.75) is 54.0 Å². The van der Waals surface area contributed by atoms with Crippen LogP contribution in [0, 0.1) is 17.1 Å². The molecule has 7 heteroatoms. The second-order valence-corrected chi connectivity index (χ2v) is 9.69. The third-order valence-corrected chi connectivity index (χ3v) is 6.88. The van der Waals surface area contributed by atoms with Crippen molar-refractivity contribution in [2.24, 2.45) is 5.92 Å². The second kappa shape index (κ2) is 12.9. The topological polar surface area (TPSA) is 65.8 Å². The maximum atomic E-state index is 13.6. The van der Waals surface area contributed by atoms with Crippen LogP contribution in [-0.4, -0.2) is 17.0 Å². The van der Waals surface area contributed by atoms with Gasteiger partial charge in [0.25, 0.3) is 0 Å². The van der Waals surface area contributed by atoms with Crippen molar-refractivity contribution in [3.8, 4) is 0 Å². The minimum Gasteiger partial charge on any atom is -0.381 e. The van der Waals surface area contributed by atoms with Crippen molar-refractivity contribution >= 4 is 43.7 Å². The quantitative estimate of drug-likeness (QED) is 0.150. The molecule has 2 aromatic rings. The Hall–Kier alpha value is -2.62. The second-order valence-electron chi connectivity index (χ2n) is 8.70. The lowest BCUT2D eigenvalue weighted by Crippen LogP contribution is -2.23. The van der Waals surface area contributed by atoms with Gasteiger partial charge < -0.3 is 10.7 Å². The third kappa shape index (κ3) is 6.96. The van der Waals surface area contributed by atoms with Crippen LogP contribution in [-0.2, 0) is 13.0 Å². The number of ketones is 1. The Labute approximate surface area is 215 Å². The summed E-state index contributed by atoms with van der Waals surface area (Å²) in [6, 6.07) is 5.07. The summed E-state index contributed by atoms with van der Waals surface area (Å²) in [5.74, 6) is -0.381. The van der Waals surface area contributed by atoms with Crippen LogP contribution >= 0.6 is 20.8 Å². The molecule has 1 heterocycles. The normalized spacial score (nSPS) is 12.5. The Balaban J connectivity index is 2.43. The number of hydrogen-bond acceptors (Lipinski definition) is 4. The maximum Gasteiger partial charge on any atom is 0.165 e. The predicted octanol–water partition coefficient (Wildman–Crippen LogP) is 6.84. The first-order valence-electron chi connectivity index (χ1n) is 11.6. The number of Topliss-reactive ketones (excluding diaryl/α,β-unsaturated/α-hetero) is 1. The summed E-state index contributed by atoms with van der Waals surface area (Å²) in [6.45, 7) is 14.5. The van der Waals surface area contributed by atoms with E-state index in [1.54, 1.807) is 0 Å². The van der Waals surface area contributed by atoms with E-state index in [0.717, 1.165) is 46.6 Å². The number of nitrogens with zero attached hydrogens (tertiary/aromatic N) is 1. The first-order valence-corrected chi connectivity index (χ1v) is 12.6. The van der Waals surface area contributed by atoms with Gasteiger partial charge in [0.1, 0.15) is 5.82 Å². The molecule has 0 spiro atoms. The lowest BCUT2D eigenvalue weighted by Gasteiger charge is -2.19. The van der Waals surface area contributed by atoms with Gasteiger partial charge in [-0.05, 0) is 49.2 Å². The Morgan fingerprint density at radius 1 is 1.34 bits per heavy atom. The average Bonchev–Trinajstić information content (AvgIpc) is 2.81. The lowest BCUT2D eigenvalue weighted by atomic mass is 9.91. The first kappa shape index (κ1) is 28.6. The number of pyridine rings is 1. The molecule has 0 aliphatic heterocycles. The molecule has 0 aliphatic rings. The van der Waals surface area contributed by atoms with Crippen molar-refractivity contribution in [3.05, 3.63) is 87.1 Å². The number of halogens is 2. The molecule has 2 atom stereocenters. The number of hydrogen-bond donors (Lipinski definition) is 2. The van der Waals surface area contributed by atoms with E-state index in [0.29, 0.717) is 29.1 Å². The van der Waals surface area contributed by atoms with Gasteiger partial charge in [0.05, 0.1) is 16.9 Å². The van der Waals surface area contributed by atoms with Crippen LogP contribution in [0.1, 0.15) is 68.2 Å². The smallest absolute Gasteiger partial charge is 0.165 e. The molecule has 1 aromatic heterocycles. The Morgan fingerprint density at radius 2 is 2.03 bits per heavy atom. The first-order chi connectivity index (χ1) is 16.5. The molecule has 0 radical (unpaired) electrons. The lowest BCUT2D eigenvalue weighted by molar-refractivity contribution is 0.0926. The highest BCUT2D eigenvalue weighted by atomic mass is 35.5. The third-order valence-electron chi connectivity index (χ3n) is 5.87. The minimum atomic E-state index is -0.529. The van der Waals surface area contributed by atoms with Gasteiger partial charge in [-0.25, -0.2) is 4.39 Å². The zero-order valence-electron chi connectivity index (χ0n) is 21.1. The largest absolute Gasteiger partial charge is 0.381 e. The van der Waals surface area contributed by atoms with E-state index in [2.05, 4.69) is 26.1 Å². The van der Waals surface area contributed by atoms with Crippen molar-refractivity contribution in [1.82, 2.24) is 10.3 Å². The van der Waals surface area contributed by atoms with Gasteiger partial charge in [0.15, 0.2) is 5.78 Å². The molecule has 2 rings (SSSR count). The number of allylic oxidation sites excluding steroid dienone is 4. The molecular weight excluding hydrogens is 480 g/mol. The van der Waals surface area contributed by atoms with Gasteiger partial charge in [-0.1, -0.05) is 62.7 Å². The van der Waals surface area contributed by atoms with Crippen molar-refractivity contribution in [1.29, 1.82) is 5.41 Å². The van der Waals surface area contributed by atoms with Crippen molar-refractivity contribution < 1.29 is 9.18 Å². The van der Waals surface area contributed by atoms with Gasteiger partial charge in [-0.3, -0.25) is 9.78 Å². The zero-order chi connectivity index (χ0) is 26.3. The molecule has 0 saturated heterocycles. The predicted molar refractivity (Wildman–Crippen MR) is 149 cm³/mol. The summed E-state index contributed by atoms with van der Waals surface area (Å²) in [7, 11) is 2.78. The van der Waals surface area contributed by atoms with Gasteiger partial charge in [0, 0.05) is 41.1 Å². The summed E-state index contributed by atoms with van der Waals surface area (Å²) in [5.41, 5.74) is 5.75. The number of carbonyl (C=O) groups is 1. The van der Waals surface area contributed by atoms with Crippen LogP contribution in [0.25, 0.3) is 5.57 Å². The van der Waals surface area contributed by atoms with Crippen LogP contribution in [0.3, 0.4) is 0 Å². The van der Waals surface area contributed by atoms with Gasteiger partial charge in [-0.2, -0.15) is 0 Å². The SMILES string of the molecule is C=C(NCc1ccc(C(=O)C(C)CC)c(CC)c1P)/C(C=N)=C(\C=C(C)C)c1ncc(F)cc1Cl. The van der Waals surface area contributed by atoms with Crippen LogP contribution in [0.4, 0.5) is 4.39 Å². The molecule has 0 amide bonds. The molecule has 0 aliphatic carbocycles.